The van der Waals surface area contributed by atoms with E-state index in [1.165, 1.54) is 6.08 Å². The van der Waals surface area contributed by atoms with Crippen molar-refractivity contribution in [2.45, 2.75) is 19.4 Å². The Morgan fingerprint density at radius 1 is 1.38 bits per heavy atom. The number of anilines is 1. The SMILES string of the molecule is CN1CCN(c2cc(Br)ccc2C=CC(=O)O)CC1(C)C. The van der Waals surface area contributed by atoms with Crippen LogP contribution in [0.15, 0.2) is 28.7 Å². The van der Waals surface area contributed by atoms with Crippen molar-refractivity contribution in [1.82, 2.24) is 4.90 Å². The second kappa shape index (κ2) is 6.20. The van der Waals surface area contributed by atoms with E-state index in [2.05, 4.69) is 52.7 Å². The predicted octanol–water partition coefficient (Wildman–Crippen LogP) is 3.08. The molecule has 21 heavy (non-hydrogen) atoms. The molecule has 1 aromatic rings. The van der Waals surface area contributed by atoms with Gasteiger partial charge in [0.1, 0.15) is 0 Å². The van der Waals surface area contributed by atoms with Crippen molar-refractivity contribution in [3.05, 3.63) is 34.3 Å². The van der Waals surface area contributed by atoms with E-state index >= 15 is 0 Å². The maximum atomic E-state index is 10.8. The highest BCUT2D eigenvalue weighted by atomic mass is 79.9. The van der Waals surface area contributed by atoms with Gasteiger partial charge < -0.3 is 10.0 Å². The van der Waals surface area contributed by atoms with Gasteiger partial charge in [-0.25, -0.2) is 4.79 Å². The van der Waals surface area contributed by atoms with Gasteiger partial charge in [-0.1, -0.05) is 22.0 Å². The number of piperazine rings is 1. The lowest BCUT2D eigenvalue weighted by Crippen LogP contribution is -2.57. The van der Waals surface area contributed by atoms with Gasteiger partial charge in [0.2, 0.25) is 0 Å². The summed E-state index contributed by atoms with van der Waals surface area (Å²) in [6, 6.07) is 5.94. The number of nitrogens with zero attached hydrogens (tertiary/aromatic N) is 2. The van der Waals surface area contributed by atoms with E-state index in [0.29, 0.717) is 0 Å². The molecule has 0 aliphatic carbocycles. The Morgan fingerprint density at radius 3 is 2.71 bits per heavy atom. The summed E-state index contributed by atoms with van der Waals surface area (Å²) in [5, 5.41) is 8.83. The monoisotopic (exact) mass is 352 g/mol. The van der Waals surface area contributed by atoms with Gasteiger partial charge in [-0.05, 0) is 44.7 Å². The normalized spacial score (nSPS) is 19.1. The van der Waals surface area contributed by atoms with E-state index in [1.54, 1.807) is 6.08 Å². The minimum Gasteiger partial charge on any atom is -0.478 e. The molecule has 2 rings (SSSR count). The Hall–Kier alpha value is -1.33. The Morgan fingerprint density at radius 2 is 2.10 bits per heavy atom. The van der Waals surface area contributed by atoms with Crippen molar-refractivity contribution < 1.29 is 9.90 Å². The van der Waals surface area contributed by atoms with Crippen molar-refractivity contribution in [2.24, 2.45) is 0 Å². The lowest BCUT2D eigenvalue weighted by Gasteiger charge is -2.46. The largest absolute Gasteiger partial charge is 0.478 e. The summed E-state index contributed by atoms with van der Waals surface area (Å²) in [5.41, 5.74) is 2.10. The first kappa shape index (κ1) is 16.0. The fourth-order valence-corrected chi connectivity index (χ4v) is 2.89. The lowest BCUT2D eigenvalue weighted by atomic mass is 9.98. The number of likely N-dealkylation sites (N-methyl/N-ethyl adjacent to an activating group) is 1. The summed E-state index contributed by atoms with van der Waals surface area (Å²) in [5.74, 6) is -0.928. The standard InChI is InChI=1S/C16H21BrN2O2/c1-16(2)11-19(9-8-18(16)3)14-10-13(17)6-4-12(14)5-7-15(20)21/h4-7,10H,8-9,11H2,1-3H3,(H,20,21). The highest BCUT2D eigenvalue weighted by Gasteiger charge is 2.31. The molecule has 1 aliphatic rings. The van der Waals surface area contributed by atoms with Gasteiger partial charge in [0.25, 0.3) is 0 Å². The van der Waals surface area contributed by atoms with E-state index in [9.17, 15) is 4.79 Å². The van der Waals surface area contributed by atoms with Crippen molar-refractivity contribution in [3.63, 3.8) is 0 Å². The number of rotatable bonds is 3. The van der Waals surface area contributed by atoms with Crippen LogP contribution < -0.4 is 4.90 Å². The van der Waals surface area contributed by atoms with Crippen LogP contribution in [0, 0.1) is 0 Å². The molecule has 0 spiro atoms. The van der Waals surface area contributed by atoms with E-state index in [1.807, 2.05) is 12.1 Å². The number of hydrogen-bond acceptors (Lipinski definition) is 3. The van der Waals surface area contributed by atoms with Crippen LogP contribution in [0.5, 0.6) is 0 Å². The van der Waals surface area contributed by atoms with Crippen molar-refractivity contribution in [2.75, 3.05) is 31.6 Å². The predicted molar refractivity (Wildman–Crippen MR) is 89.7 cm³/mol. The van der Waals surface area contributed by atoms with Gasteiger partial charge in [0, 0.05) is 41.4 Å². The third kappa shape index (κ3) is 3.86. The number of carbonyl (C=O) groups is 1. The second-order valence-electron chi connectivity index (χ2n) is 6.03. The Labute approximate surface area is 134 Å². The first-order valence-electron chi connectivity index (χ1n) is 6.96. The van der Waals surface area contributed by atoms with E-state index in [0.717, 1.165) is 35.4 Å². The number of aliphatic carboxylic acids is 1. The Bertz CT molecular complexity index is 569. The van der Waals surface area contributed by atoms with Gasteiger partial charge in [-0.15, -0.1) is 0 Å². The number of hydrogen-bond donors (Lipinski definition) is 1. The van der Waals surface area contributed by atoms with E-state index in [-0.39, 0.29) is 5.54 Å². The average Bonchev–Trinajstić information content (AvgIpc) is 2.40. The van der Waals surface area contributed by atoms with Gasteiger partial charge in [-0.2, -0.15) is 0 Å². The quantitative estimate of drug-likeness (QED) is 0.849. The summed E-state index contributed by atoms with van der Waals surface area (Å²) in [4.78, 5) is 15.4. The van der Waals surface area contributed by atoms with E-state index in [4.69, 9.17) is 5.11 Å². The number of halogens is 1. The van der Waals surface area contributed by atoms with Crippen molar-refractivity contribution >= 4 is 33.7 Å². The molecule has 0 atom stereocenters. The highest BCUT2D eigenvalue weighted by molar-refractivity contribution is 9.10. The Kier molecular flexibility index (Phi) is 4.74. The molecular weight excluding hydrogens is 332 g/mol. The fourth-order valence-electron chi connectivity index (χ4n) is 2.54. The van der Waals surface area contributed by atoms with Gasteiger partial charge in [0.15, 0.2) is 0 Å². The van der Waals surface area contributed by atoms with Gasteiger partial charge >= 0.3 is 5.97 Å². The van der Waals surface area contributed by atoms with Crippen LogP contribution in [0.25, 0.3) is 6.08 Å². The molecule has 1 fully saturated rings. The molecule has 0 bridgehead atoms. The molecule has 0 amide bonds. The smallest absolute Gasteiger partial charge is 0.328 e. The first-order valence-corrected chi connectivity index (χ1v) is 7.76. The second-order valence-corrected chi connectivity index (χ2v) is 6.95. The third-order valence-electron chi connectivity index (χ3n) is 4.06. The summed E-state index contributed by atoms with van der Waals surface area (Å²) in [6.07, 6.45) is 2.85. The molecule has 5 heteroatoms. The van der Waals surface area contributed by atoms with Crippen molar-refractivity contribution in [3.8, 4) is 0 Å². The average molecular weight is 353 g/mol. The lowest BCUT2D eigenvalue weighted by molar-refractivity contribution is -0.131. The summed E-state index contributed by atoms with van der Waals surface area (Å²) < 4.78 is 1.00. The molecule has 0 unspecified atom stereocenters. The number of benzene rings is 1. The molecule has 1 aliphatic heterocycles. The zero-order chi connectivity index (χ0) is 15.6. The van der Waals surface area contributed by atoms with Crippen LogP contribution in [-0.2, 0) is 4.79 Å². The van der Waals surface area contributed by atoms with Gasteiger partial charge in [-0.3, -0.25) is 4.90 Å². The van der Waals surface area contributed by atoms with Crippen LogP contribution in [0.4, 0.5) is 5.69 Å². The molecule has 1 saturated heterocycles. The third-order valence-corrected chi connectivity index (χ3v) is 4.55. The van der Waals surface area contributed by atoms with Crippen LogP contribution in [0.2, 0.25) is 0 Å². The molecule has 1 aromatic carbocycles. The van der Waals surface area contributed by atoms with Crippen LogP contribution in [0.1, 0.15) is 19.4 Å². The minimum absolute atomic E-state index is 0.0916. The van der Waals surface area contributed by atoms with Crippen LogP contribution >= 0.6 is 15.9 Å². The fraction of sp³-hybridized carbons (Fsp3) is 0.438. The Balaban J connectivity index is 2.34. The highest BCUT2D eigenvalue weighted by Crippen LogP contribution is 2.30. The summed E-state index contributed by atoms with van der Waals surface area (Å²) in [7, 11) is 2.14. The van der Waals surface area contributed by atoms with Gasteiger partial charge in [0.05, 0.1) is 0 Å². The minimum atomic E-state index is -0.928. The molecule has 0 saturated carbocycles. The first-order chi connectivity index (χ1) is 9.79. The number of carboxylic acids is 1. The molecule has 4 nitrogen and oxygen atoms in total. The molecule has 0 radical (unpaired) electrons. The molecule has 1 N–H and O–H groups in total. The van der Waals surface area contributed by atoms with E-state index < -0.39 is 5.97 Å². The summed E-state index contributed by atoms with van der Waals surface area (Å²) >= 11 is 3.51. The molecular formula is C16H21BrN2O2. The van der Waals surface area contributed by atoms with Crippen molar-refractivity contribution in [1.29, 1.82) is 0 Å². The zero-order valence-corrected chi connectivity index (χ0v) is 14.2. The molecule has 1 heterocycles. The maximum absolute atomic E-state index is 10.8. The molecule has 0 aromatic heterocycles. The van der Waals surface area contributed by atoms with Crippen LogP contribution in [-0.4, -0.2) is 48.2 Å². The number of carboxylic acid groups (broad SMARTS) is 1. The van der Waals surface area contributed by atoms with Crippen LogP contribution in [0.3, 0.4) is 0 Å². The molecule has 114 valence electrons. The zero-order valence-electron chi connectivity index (χ0n) is 12.6. The maximum Gasteiger partial charge on any atom is 0.328 e. The summed E-state index contributed by atoms with van der Waals surface area (Å²) in [6.45, 7) is 7.29. The topological polar surface area (TPSA) is 43.8 Å².